The fourth-order valence-corrected chi connectivity index (χ4v) is 6.28. The van der Waals surface area contributed by atoms with E-state index in [2.05, 4.69) is 9.88 Å². The number of pyridine rings is 1. The Balaban J connectivity index is 1.46. The number of rotatable bonds is 8. The number of anilines is 1. The van der Waals surface area contributed by atoms with E-state index in [0.717, 1.165) is 22.2 Å². The van der Waals surface area contributed by atoms with E-state index in [1.807, 2.05) is 19.1 Å². The van der Waals surface area contributed by atoms with Gasteiger partial charge in [0.25, 0.3) is 0 Å². The Bertz CT molecular complexity index is 1420. The predicted octanol–water partition coefficient (Wildman–Crippen LogP) is 4.33. The molecule has 2 heterocycles. The molecular formula is C27H30ClN3O5S. The second-order valence-corrected chi connectivity index (χ2v) is 12.0. The Morgan fingerprint density at radius 1 is 1.11 bits per heavy atom. The van der Waals surface area contributed by atoms with E-state index in [0.29, 0.717) is 31.0 Å². The van der Waals surface area contributed by atoms with Crippen LogP contribution in [0.3, 0.4) is 0 Å². The maximum Gasteiger partial charge on any atom is 0.326 e. The molecule has 8 nitrogen and oxygen atoms in total. The number of halogens is 1. The van der Waals surface area contributed by atoms with Gasteiger partial charge in [0.05, 0.1) is 10.6 Å². The molecule has 196 valence electrons. The third-order valence-electron chi connectivity index (χ3n) is 6.88. The molecule has 37 heavy (non-hydrogen) atoms. The lowest BCUT2D eigenvalue weighted by Gasteiger charge is -2.41. The van der Waals surface area contributed by atoms with Gasteiger partial charge in [-0.3, -0.25) is 9.78 Å². The average molecular weight is 544 g/mol. The number of aromatic nitrogens is 1. The first kappa shape index (κ1) is 26.9. The molecule has 1 aromatic heterocycles. The third-order valence-corrected chi connectivity index (χ3v) is 8.83. The number of sulfone groups is 1. The van der Waals surface area contributed by atoms with Crippen LogP contribution in [-0.2, 0) is 19.4 Å². The quantitative estimate of drug-likeness (QED) is 0.450. The van der Waals surface area contributed by atoms with Crippen molar-refractivity contribution in [3.05, 3.63) is 65.4 Å². The van der Waals surface area contributed by atoms with Crippen molar-refractivity contribution in [2.75, 3.05) is 23.7 Å². The van der Waals surface area contributed by atoms with Gasteiger partial charge in [-0.1, -0.05) is 23.7 Å². The van der Waals surface area contributed by atoms with Crippen molar-refractivity contribution in [1.29, 1.82) is 0 Å². The van der Waals surface area contributed by atoms with Gasteiger partial charge in [-0.25, -0.2) is 13.2 Å². The number of fused-ring (bicyclic) bond motifs is 1. The summed E-state index contributed by atoms with van der Waals surface area (Å²) in [7, 11) is -3.76. The summed E-state index contributed by atoms with van der Waals surface area (Å²) >= 11 is 6.01. The van der Waals surface area contributed by atoms with Crippen LogP contribution in [0, 0.1) is 6.92 Å². The van der Waals surface area contributed by atoms with Crippen molar-refractivity contribution >= 4 is 49.8 Å². The van der Waals surface area contributed by atoms with Gasteiger partial charge in [-0.15, -0.1) is 0 Å². The molecule has 0 bridgehead atoms. The molecule has 1 unspecified atom stereocenters. The molecule has 0 saturated carbocycles. The van der Waals surface area contributed by atoms with Crippen LogP contribution in [0.4, 0.5) is 5.69 Å². The van der Waals surface area contributed by atoms with Gasteiger partial charge in [0, 0.05) is 48.2 Å². The fraction of sp³-hybridized carbons (Fsp3) is 0.370. The van der Waals surface area contributed by atoms with Gasteiger partial charge < -0.3 is 14.9 Å². The standard InChI is InChI=1S/C27H30ClN3O5S/c1-18-15-24(7-11-29-18)30-12-8-23(9-13-30)31(19(2)27(33)34)26(32)10-14-37(35,36)25-6-4-20-16-22(28)5-3-21(20)17-25/h3-7,11,15-17,19,23H,8-10,12-14H2,1-2H3,(H,33,34). The largest absolute Gasteiger partial charge is 0.480 e. The molecule has 1 N–H and O–H groups in total. The highest BCUT2D eigenvalue weighted by Crippen LogP contribution is 2.26. The number of benzene rings is 2. The van der Waals surface area contributed by atoms with E-state index in [1.54, 1.807) is 36.5 Å². The van der Waals surface area contributed by atoms with E-state index < -0.39 is 33.5 Å². The van der Waals surface area contributed by atoms with Gasteiger partial charge in [0.15, 0.2) is 9.84 Å². The zero-order chi connectivity index (χ0) is 26.7. The van der Waals surface area contributed by atoms with E-state index in [-0.39, 0.29) is 17.4 Å². The zero-order valence-corrected chi connectivity index (χ0v) is 22.4. The monoisotopic (exact) mass is 543 g/mol. The Kier molecular flexibility index (Phi) is 8.04. The number of amides is 1. The van der Waals surface area contributed by atoms with Gasteiger partial charge in [-0.05, 0) is 73.9 Å². The van der Waals surface area contributed by atoms with Crippen LogP contribution in [-0.4, -0.2) is 66.2 Å². The summed E-state index contributed by atoms with van der Waals surface area (Å²) in [6.07, 6.45) is 2.64. The molecule has 1 aliphatic rings. The highest BCUT2D eigenvalue weighted by molar-refractivity contribution is 7.91. The van der Waals surface area contributed by atoms with Gasteiger partial charge in [0.1, 0.15) is 6.04 Å². The lowest BCUT2D eigenvalue weighted by atomic mass is 10.00. The van der Waals surface area contributed by atoms with Crippen molar-refractivity contribution < 1.29 is 23.1 Å². The minimum Gasteiger partial charge on any atom is -0.480 e. The van der Waals surface area contributed by atoms with Crippen molar-refractivity contribution in [3.8, 4) is 0 Å². The SMILES string of the molecule is Cc1cc(N2CCC(N(C(=O)CCS(=O)(=O)c3ccc4cc(Cl)ccc4c3)C(C)C(=O)O)CC2)ccn1. The van der Waals surface area contributed by atoms with E-state index >= 15 is 0 Å². The molecule has 3 aromatic rings. The lowest BCUT2D eigenvalue weighted by Crippen LogP contribution is -2.53. The Labute approximate surface area is 221 Å². The molecule has 2 aromatic carbocycles. The number of carboxylic acid groups (broad SMARTS) is 1. The number of piperidine rings is 1. The van der Waals surface area contributed by atoms with Gasteiger partial charge in [0.2, 0.25) is 5.91 Å². The summed E-state index contributed by atoms with van der Waals surface area (Å²) in [5, 5.41) is 11.8. The Morgan fingerprint density at radius 2 is 1.78 bits per heavy atom. The number of carboxylic acids is 1. The van der Waals surface area contributed by atoms with E-state index in [4.69, 9.17) is 11.6 Å². The zero-order valence-electron chi connectivity index (χ0n) is 20.8. The van der Waals surface area contributed by atoms with Crippen molar-refractivity contribution in [2.24, 2.45) is 0 Å². The van der Waals surface area contributed by atoms with Crippen LogP contribution in [0.2, 0.25) is 5.02 Å². The second kappa shape index (κ2) is 11.1. The smallest absolute Gasteiger partial charge is 0.326 e. The first-order chi connectivity index (χ1) is 17.5. The molecule has 0 spiro atoms. The first-order valence-electron chi connectivity index (χ1n) is 12.2. The van der Waals surface area contributed by atoms with E-state index in [1.165, 1.54) is 17.9 Å². The van der Waals surface area contributed by atoms with E-state index in [9.17, 15) is 23.1 Å². The minimum atomic E-state index is -3.76. The molecular weight excluding hydrogens is 514 g/mol. The molecule has 0 radical (unpaired) electrons. The highest BCUT2D eigenvalue weighted by atomic mass is 35.5. The van der Waals surface area contributed by atoms with Gasteiger partial charge >= 0.3 is 5.97 Å². The number of hydrogen-bond donors (Lipinski definition) is 1. The topological polar surface area (TPSA) is 108 Å². The van der Waals surface area contributed by atoms with Crippen LogP contribution in [0.15, 0.2) is 59.6 Å². The maximum atomic E-state index is 13.3. The molecule has 1 amide bonds. The summed E-state index contributed by atoms with van der Waals surface area (Å²) in [5.74, 6) is -1.98. The number of carbonyl (C=O) groups excluding carboxylic acids is 1. The van der Waals surface area contributed by atoms with Crippen LogP contribution in [0.1, 0.15) is 31.9 Å². The van der Waals surface area contributed by atoms with Gasteiger partial charge in [-0.2, -0.15) is 0 Å². The molecule has 1 aliphatic heterocycles. The van der Waals surface area contributed by atoms with Crippen molar-refractivity contribution in [3.63, 3.8) is 0 Å². The Hall–Kier alpha value is -3.17. The minimum absolute atomic E-state index is 0.119. The highest BCUT2D eigenvalue weighted by Gasteiger charge is 2.35. The predicted molar refractivity (Wildman–Crippen MR) is 144 cm³/mol. The van der Waals surface area contributed by atoms with Crippen molar-refractivity contribution in [2.45, 2.75) is 50.1 Å². The number of carbonyl (C=O) groups is 2. The normalized spacial score (nSPS) is 15.5. The molecule has 10 heteroatoms. The van der Waals surface area contributed by atoms with Crippen LogP contribution < -0.4 is 4.90 Å². The molecule has 4 rings (SSSR count). The van der Waals surface area contributed by atoms with Crippen LogP contribution in [0.25, 0.3) is 10.8 Å². The lowest BCUT2D eigenvalue weighted by molar-refractivity contribution is -0.151. The summed E-state index contributed by atoms with van der Waals surface area (Å²) < 4.78 is 26.1. The molecule has 1 atom stereocenters. The third kappa shape index (κ3) is 6.22. The number of aryl methyl sites for hydroxylation is 1. The second-order valence-electron chi connectivity index (χ2n) is 9.41. The average Bonchev–Trinajstić information content (AvgIpc) is 2.87. The first-order valence-corrected chi connectivity index (χ1v) is 14.2. The number of aliphatic carboxylic acids is 1. The Morgan fingerprint density at radius 3 is 2.46 bits per heavy atom. The fourth-order valence-electron chi connectivity index (χ4n) is 4.84. The van der Waals surface area contributed by atoms with Crippen molar-refractivity contribution in [1.82, 2.24) is 9.88 Å². The molecule has 1 fully saturated rings. The molecule has 1 saturated heterocycles. The number of nitrogens with zero attached hydrogens (tertiary/aromatic N) is 3. The maximum absolute atomic E-state index is 13.3. The summed E-state index contributed by atoms with van der Waals surface area (Å²) in [4.78, 5) is 33.0. The summed E-state index contributed by atoms with van der Waals surface area (Å²) in [6.45, 7) is 4.71. The summed E-state index contributed by atoms with van der Waals surface area (Å²) in [5.41, 5.74) is 1.95. The van der Waals surface area contributed by atoms with Crippen LogP contribution >= 0.6 is 11.6 Å². The summed E-state index contributed by atoms with van der Waals surface area (Å²) in [6, 6.07) is 12.5. The van der Waals surface area contributed by atoms with Crippen LogP contribution in [0.5, 0.6) is 0 Å². The number of hydrogen-bond acceptors (Lipinski definition) is 6. The molecule has 0 aliphatic carbocycles.